The van der Waals surface area contributed by atoms with Gasteiger partial charge in [0.2, 0.25) is 0 Å². The van der Waals surface area contributed by atoms with E-state index in [0.29, 0.717) is 24.1 Å². The minimum atomic E-state index is -0.763. The van der Waals surface area contributed by atoms with Crippen molar-refractivity contribution in [2.24, 2.45) is 11.8 Å². The molecular formula is C52H50O2P2. The number of ether oxygens (including phenoxy) is 2. The van der Waals surface area contributed by atoms with Crippen molar-refractivity contribution in [1.29, 1.82) is 0 Å². The largest absolute Gasteiger partial charge is 0.381 e. The standard InChI is InChI=1S/C52H50O2P2/c1-53-50-39-51(56(46-33-19-7-20-34-46)47-35-21-8-22-36-47)49(40-55(44-29-15-5-16-30-44)45-31-17-6-18-32-45)48(50)37-38-54-52(41-23-9-2-10-24-41,42-25-11-3-12-26-42)43-27-13-4-14-28-43/h2-36,48-51H,37-40H2,1H3/t48?,49?,50?,51-/m0/s1. The molecule has 2 nitrogen and oxygen atoms in total. The van der Waals surface area contributed by atoms with Crippen molar-refractivity contribution in [1.82, 2.24) is 0 Å². The molecule has 7 aromatic rings. The van der Waals surface area contributed by atoms with Crippen LogP contribution in [-0.4, -0.2) is 31.6 Å². The summed E-state index contributed by atoms with van der Waals surface area (Å²) >= 11 is 0. The molecule has 4 heteroatoms. The monoisotopic (exact) mass is 768 g/mol. The van der Waals surface area contributed by atoms with Gasteiger partial charge in [-0.25, -0.2) is 0 Å². The summed E-state index contributed by atoms with van der Waals surface area (Å²) in [5.41, 5.74) is 3.07. The molecule has 0 N–H and O–H groups in total. The Hall–Kier alpha value is -4.68. The highest BCUT2D eigenvalue weighted by Crippen LogP contribution is 2.57. The lowest BCUT2D eigenvalue weighted by Gasteiger charge is -2.38. The van der Waals surface area contributed by atoms with Crippen molar-refractivity contribution in [3.05, 3.63) is 229 Å². The van der Waals surface area contributed by atoms with Crippen LogP contribution in [0.15, 0.2) is 212 Å². The van der Waals surface area contributed by atoms with Crippen LogP contribution in [0.4, 0.5) is 0 Å². The first kappa shape index (κ1) is 38.2. The van der Waals surface area contributed by atoms with Gasteiger partial charge in [0.05, 0.1) is 6.10 Å². The molecular weight excluding hydrogens is 719 g/mol. The second-order valence-electron chi connectivity index (χ2n) is 14.6. The molecule has 280 valence electrons. The molecule has 0 amide bonds. The van der Waals surface area contributed by atoms with Crippen LogP contribution in [0.5, 0.6) is 0 Å². The normalized spacial score (nSPS) is 18.3. The van der Waals surface area contributed by atoms with Gasteiger partial charge in [0.25, 0.3) is 0 Å². The van der Waals surface area contributed by atoms with Gasteiger partial charge >= 0.3 is 0 Å². The van der Waals surface area contributed by atoms with Gasteiger partial charge in [-0.15, -0.1) is 0 Å². The maximum atomic E-state index is 7.49. The molecule has 1 saturated carbocycles. The topological polar surface area (TPSA) is 18.5 Å². The summed E-state index contributed by atoms with van der Waals surface area (Å²) in [5.74, 6) is 0.709. The first-order chi connectivity index (χ1) is 27.8. The number of hydrogen-bond donors (Lipinski definition) is 0. The fourth-order valence-corrected chi connectivity index (χ4v) is 15.1. The Labute approximate surface area is 336 Å². The average molecular weight is 769 g/mol. The minimum Gasteiger partial charge on any atom is -0.381 e. The molecule has 4 atom stereocenters. The molecule has 8 rings (SSSR count). The molecule has 0 radical (unpaired) electrons. The van der Waals surface area contributed by atoms with E-state index in [1.807, 2.05) is 7.11 Å². The molecule has 0 aromatic heterocycles. The van der Waals surface area contributed by atoms with E-state index in [1.165, 1.54) is 21.2 Å². The molecule has 0 heterocycles. The van der Waals surface area contributed by atoms with Crippen LogP contribution >= 0.6 is 15.8 Å². The summed E-state index contributed by atoms with van der Waals surface area (Å²) in [7, 11) is 0.626. The second-order valence-corrected chi connectivity index (χ2v) is 19.3. The van der Waals surface area contributed by atoms with Gasteiger partial charge in [0.1, 0.15) is 5.60 Å². The number of benzene rings is 7. The average Bonchev–Trinajstić information content (AvgIpc) is 3.62. The first-order valence-corrected chi connectivity index (χ1v) is 22.8. The van der Waals surface area contributed by atoms with Crippen molar-refractivity contribution in [3.8, 4) is 0 Å². The van der Waals surface area contributed by atoms with E-state index in [0.717, 1.165) is 35.7 Å². The van der Waals surface area contributed by atoms with Crippen LogP contribution in [0.1, 0.15) is 29.5 Å². The van der Waals surface area contributed by atoms with Gasteiger partial charge in [0.15, 0.2) is 0 Å². The van der Waals surface area contributed by atoms with Crippen LogP contribution < -0.4 is 21.2 Å². The lowest BCUT2D eigenvalue weighted by molar-refractivity contribution is -0.0120. The Kier molecular flexibility index (Phi) is 12.6. The molecule has 0 saturated heterocycles. The van der Waals surface area contributed by atoms with E-state index in [2.05, 4.69) is 212 Å². The number of methoxy groups -OCH3 is 1. The highest BCUT2D eigenvalue weighted by molar-refractivity contribution is 7.74. The van der Waals surface area contributed by atoms with Crippen molar-refractivity contribution in [3.63, 3.8) is 0 Å². The Balaban J connectivity index is 1.21. The smallest absolute Gasteiger partial charge is 0.143 e. The van der Waals surface area contributed by atoms with E-state index >= 15 is 0 Å². The third-order valence-electron chi connectivity index (χ3n) is 11.5. The van der Waals surface area contributed by atoms with E-state index in [4.69, 9.17) is 9.47 Å². The van der Waals surface area contributed by atoms with Crippen LogP contribution in [0.2, 0.25) is 0 Å². The zero-order valence-electron chi connectivity index (χ0n) is 32.1. The molecule has 0 bridgehead atoms. The molecule has 56 heavy (non-hydrogen) atoms. The van der Waals surface area contributed by atoms with Gasteiger partial charge in [0, 0.05) is 13.7 Å². The predicted octanol–water partition coefficient (Wildman–Crippen LogP) is 10.7. The molecule has 3 unspecified atom stereocenters. The van der Waals surface area contributed by atoms with E-state index in [-0.39, 0.29) is 6.10 Å². The van der Waals surface area contributed by atoms with E-state index in [1.54, 1.807) is 0 Å². The number of rotatable bonds is 15. The van der Waals surface area contributed by atoms with E-state index < -0.39 is 21.4 Å². The minimum absolute atomic E-state index is 0.119. The Morgan fingerprint density at radius 3 is 1.20 bits per heavy atom. The third kappa shape index (κ3) is 8.23. The molecule has 1 fully saturated rings. The Morgan fingerprint density at radius 1 is 0.464 bits per heavy atom. The van der Waals surface area contributed by atoms with Crippen molar-refractivity contribution < 1.29 is 9.47 Å². The van der Waals surface area contributed by atoms with Crippen molar-refractivity contribution in [2.75, 3.05) is 19.9 Å². The van der Waals surface area contributed by atoms with Crippen LogP contribution in [0.3, 0.4) is 0 Å². The molecule has 1 aliphatic carbocycles. The van der Waals surface area contributed by atoms with Crippen molar-refractivity contribution >= 4 is 37.1 Å². The van der Waals surface area contributed by atoms with Crippen LogP contribution in [0.25, 0.3) is 0 Å². The summed E-state index contributed by atoms with van der Waals surface area (Å²) in [4.78, 5) is 0. The van der Waals surface area contributed by atoms with Crippen LogP contribution in [-0.2, 0) is 15.1 Å². The van der Waals surface area contributed by atoms with Gasteiger partial charge in [-0.05, 0) is 90.3 Å². The van der Waals surface area contributed by atoms with Crippen LogP contribution in [0, 0.1) is 11.8 Å². The van der Waals surface area contributed by atoms with Gasteiger partial charge in [-0.2, -0.15) is 0 Å². The zero-order chi connectivity index (χ0) is 38.0. The summed E-state index contributed by atoms with van der Waals surface area (Å²) in [5, 5.41) is 5.75. The van der Waals surface area contributed by atoms with Gasteiger partial charge in [-0.3, -0.25) is 0 Å². The quantitative estimate of drug-likeness (QED) is 0.0764. The molecule has 0 spiro atoms. The molecule has 7 aromatic carbocycles. The van der Waals surface area contributed by atoms with Gasteiger partial charge < -0.3 is 9.47 Å². The van der Waals surface area contributed by atoms with Crippen molar-refractivity contribution in [2.45, 2.75) is 30.2 Å². The summed E-state index contributed by atoms with van der Waals surface area (Å²) in [6, 6.07) is 77.4. The predicted molar refractivity (Wildman–Crippen MR) is 239 cm³/mol. The fraction of sp³-hybridized carbons (Fsp3) is 0.192. The Morgan fingerprint density at radius 2 is 0.821 bits per heavy atom. The van der Waals surface area contributed by atoms with E-state index in [9.17, 15) is 0 Å². The molecule has 0 aliphatic heterocycles. The zero-order valence-corrected chi connectivity index (χ0v) is 33.8. The van der Waals surface area contributed by atoms with Gasteiger partial charge in [-0.1, -0.05) is 212 Å². The SMILES string of the molecule is COC1C[C@H](P(c2ccccc2)c2ccccc2)C(CP(c2ccccc2)c2ccccc2)C1CCOC(c1ccccc1)(c1ccccc1)c1ccccc1. The first-order valence-electron chi connectivity index (χ1n) is 19.9. The number of hydrogen-bond acceptors (Lipinski definition) is 2. The third-order valence-corrected chi connectivity index (χ3v) is 17.1. The summed E-state index contributed by atoms with van der Waals surface area (Å²) < 4.78 is 14.1. The summed E-state index contributed by atoms with van der Waals surface area (Å²) in [6.07, 6.45) is 3.13. The lowest BCUT2D eigenvalue weighted by Crippen LogP contribution is -2.35. The molecule has 1 aliphatic rings. The second kappa shape index (κ2) is 18.5. The lowest BCUT2D eigenvalue weighted by atomic mass is 9.80. The highest BCUT2D eigenvalue weighted by atomic mass is 31.1. The summed E-state index contributed by atoms with van der Waals surface area (Å²) in [6.45, 7) is 0.593. The highest BCUT2D eigenvalue weighted by Gasteiger charge is 2.48. The Bertz CT molecular complexity index is 2010. The maximum absolute atomic E-state index is 7.49. The maximum Gasteiger partial charge on any atom is 0.143 e. The fourth-order valence-electron chi connectivity index (χ4n) is 8.99.